The minimum Gasteiger partial charge on any atom is -0.368 e. The van der Waals surface area contributed by atoms with Gasteiger partial charge in [-0.3, -0.25) is 14.4 Å². The number of rotatable bonds is 5. The Labute approximate surface area is 129 Å². The molecular formula is C16H21N3O3. The summed E-state index contributed by atoms with van der Waals surface area (Å²) in [6, 6.07) is 8.70. The van der Waals surface area contributed by atoms with Crippen molar-refractivity contribution in [2.75, 3.05) is 6.54 Å². The van der Waals surface area contributed by atoms with E-state index < -0.39 is 5.91 Å². The Bertz CT molecular complexity index is 545. The van der Waals surface area contributed by atoms with E-state index in [1.54, 1.807) is 24.3 Å². The van der Waals surface area contributed by atoms with E-state index in [-0.39, 0.29) is 30.3 Å². The van der Waals surface area contributed by atoms with Gasteiger partial charge in [0.2, 0.25) is 11.8 Å². The average Bonchev–Trinajstić information content (AvgIpc) is 2.54. The first-order valence-electron chi connectivity index (χ1n) is 7.50. The quantitative estimate of drug-likeness (QED) is 0.741. The average molecular weight is 303 g/mol. The first-order valence-corrected chi connectivity index (χ1v) is 7.50. The highest BCUT2D eigenvalue weighted by atomic mass is 16.2. The number of benzene rings is 1. The summed E-state index contributed by atoms with van der Waals surface area (Å²) in [5.41, 5.74) is 5.61. The van der Waals surface area contributed by atoms with Crippen molar-refractivity contribution in [2.45, 2.75) is 31.7 Å². The van der Waals surface area contributed by atoms with Gasteiger partial charge in [-0.2, -0.15) is 0 Å². The Hall–Kier alpha value is -2.37. The van der Waals surface area contributed by atoms with Gasteiger partial charge in [-0.15, -0.1) is 0 Å². The van der Waals surface area contributed by atoms with Crippen LogP contribution < -0.4 is 16.4 Å². The summed E-state index contributed by atoms with van der Waals surface area (Å²) in [5.74, 6) is -1.30. The van der Waals surface area contributed by atoms with Crippen LogP contribution in [0.25, 0.3) is 0 Å². The highest BCUT2D eigenvalue weighted by Crippen LogP contribution is 2.25. The summed E-state index contributed by atoms with van der Waals surface area (Å²) in [4.78, 5) is 35.2. The van der Waals surface area contributed by atoms with Gasteiger partial charge < -0.3 is 16.4 Å². The normalized spacial score (nSPS) is 20.9. The molecule has 0 radical (unpaired) electrons. The van der Waals surface area contributed by atoms with E-state index in [1.165, 1.54) is 0 Å². The third kappa shape index (κ3) is 4.31. The molecule has 0 aromatic heterocycles. The molecule has 1 aliphatic rings. The Morgan fingerprint density at radius 2 is 1.77 bits per heavy atom. The summed E-state index contributed by atoms with van der Waals surface area (Å²) in [5, 5.41) is 5.47. The van der Waals surface area contributed by atoms with Gasteiger partial charge in [-0.1, -0.05) is 31.0 Å². The lowest BCUT2D eigenvalue weighted by atomic mass is 9.83. The molecule has 6 nitrogen and oxygen atoms in total. The van der Waals surface area contributed by atoms with Crippen LogP contribution in [0.4, 0.5) is 0 Å². The van der Waals surface area contributed by atoms with Crippen LogP contribution in [-0.2, 0) is 9.59 Å². The lowest BCUT2D eigenvalue weighted by Gasteiger charge is -2.31. The maximum absolute atomic E-state index is 12.2. The van der Waals surface area contributed by atoms with Crippen LogP contribution in [0.15, 0.2) is 30.3 Å². The number of carbonyl (C=O) groups excluding carboxylic acids is 3. The van der Waals surface area contributed by atoms with E-state index in [4.69, 9.17) is 5.73 Å². The molecule has 1 aromatic carbocycles. The van der Waals surface area contributed by atoms with Crippen molar-refractivity contribution >= 4 is 17.7 Å². The van der Waals surface area contributed by atoms with E-state index >= 15 is 0 Å². The molecule has 0 saturated heterocycles. The molecule has 2 rings (SSSR count). The van der Waals surface area contributed by atoms with Crippen molar-refractivity contribution < 1.29 is 14.4 Å². The highest BCUT2D eigenvalue weighted by Gasteiger charge is 2.32. The van der Waals surface area contributed by atoms with Crippen LogP contribution in [-0.4, -0.2) is 30.3 Å². The second-order valence-electron chi connectivity index (χ2n) is 5.52. The minimum atomic E-state index is -0.575. The van der Waals surface area contributed by atoms with Gasteiger partial charge >= 0.3 is 0 Å². The fourth-order valence-corrected chi connectivity index (χ4v) is 2.76. The molecule has 2 unspecified atom stereocenters. The summed E-state index contributed by atoms with van der Waals surface area (Å²) >= 11 is 0. The number of nitrogens with two attached hydrogens (primary N) is 1. The molecule has 0 bridgehead atoms. The van der Waals surface area contributed by atoms with Crippen molar-refractivity contribution in [3.05, 3.63) is 35.9 Å². The van der Waals surface area contributed by atoms with Crippen molar-refractivity contribution in [1.29, 1.82) is 0 Å². The highest BCUT2D eigenvalue weighted by molar-refractivity contribution is 5.95. The van der Waals surface area contributed by atoms with Gasteiger partial charge in [0.25, 0.3) is 5.91 Å². The van der Waals surface area contributed by atoms with E-state index in [2.05, 4.69) is 10.6 Å². The summed E-state index contributed by atoms with van der Waals surface area (Å²) in [6.45, 7) is -0.172. The maximum atomic E-state index is 12.2. The first-order chi connectivity index (χ1) is 10.6. The molecule has 2 atom stereocenters. The second-order valence-corrected chi connectivity index (χ2v) is 5.52. The second kappa shape index (κ2) is 7.59. The van der Waals surface area contributed by atoms with E-state index in [9.17, 15) is 14.4 Å². The van der Waals surface area contributed by atoms with Crippen molar-refractivity contribution in [2.24, 2.45) is 11.7 Å². The molecule has 1 saturated carbocycles. The third-order valence-electron chi connectivity index (χ3n) is 3.89. The molecule has 1 fully saturated rings. The van der Waals surface area contributed by atoms with Crippen LogP contribution >= 0.6 is 0 Å². The molecular weight excluding hydrogens is 282 g/mol. The van der Waals surface area contributed by atoms with Crippen LogP contribution in [0.3, 0.4) is 0 Å². The van der Waals surface area contributed by atoms with Crippen molar-refractivity contribution in [3.8, 4) is 0 Å². The number of hydrogen-bond acceptors (Lipinski definition) is 3. The number of primary amides is 1. The van der Waals surface area contributed by atoms with Crippen LogP contribution in [0, 0.1) is 5.92 Å². The fraction of sp³-hybridized carbons (Fsp3) is 0.438. The van der Waals surface area contributed by atoms with E-state index in [0.29, 0.717) is 12.0 Å². The van der Waals surface area contributed by atoms with Crippen LogP contribution in [0.1, 0.15) is 36.0 Å². The number of carbonyl (C=O) groups is 3. The van der Waals surface area contributed by atoms with Gasteiger partial charge in [-0.25, -0.2) is 0 Å². The van der Waals surface area contributed by atoms with Crippen molar-refractivity contribution in [1.82, 2.24) is 10.6 Å². The minimum absolute atomic E-state index is 0.172. The van der Waals surface area contributed by atoms with Crippen LogP contribution in [0.2, 0.25) is 0 Å². The third-order valence-corrected chi connectivity index (χ3v) is 3.89. The van der Waals surface area contributed by atoms with E-state index in [1.807, 2.05) is 6.07 Å². The lowest BCUT2D eigenvalue weighted by molar-refractivity contribution is -0.129. The topological polar surface area (TPSA) is 101 Å². The number of amides is 3. The summed E-state index contributed by atoms with van der Waals surface area (Å²) in [7, 11) is 0. The van der Waals surface area contributed by atoms with Crippen LogP contribution in [0.5, 0.6) is 0 Å². The molecule has 6 heteroatoms. The zero-order valence-corrected chi connectivity index (χ0v) is 12.4. The molecule has 1 aromatic rings. The first kappa shape index (κ1) is 16.0. The van der Waals surface area contributed by atoms with Gasteiger partial charge in [-0.05, 0) is 25.0 Å². The van der Waals surface area contributed by atoms with E-state index in [0.717, 1.165) is 19.3 Å². The SMILES string of the molecule is NC(=O)CNC(=O)C1CCCCC1NC(=O)c1ccccc1. The summed E-state index contributed by atoms with van der Waals surface area (Å²) < 4.78 is 0. The molecule has 0 spiro atoms. The molecule has 1 aliphatic carbocycles. The predicted octanol–water partition coefficient (Wildman–Crippen LogP) is 0.577. The Morgan fingerprint density at radius 3 is 2.45 bits per heavy atom. The van der Waals surface area contributed by atoms with Gasteiger partial charge in [0, 0.05) is 11.6 Å². The Balaban J connectivity index is 1.99. The summed E-state index contributed by atoms with van der Waals surface area (Å²) in [6.07, 6.45) is 3.36. The fourth-order valence-electron chi connectivity index (χ4n) is 2.76. The van der Waals surface area contributed by atoms with Crippen molar-refractivity contribution in [3.63, 3.8) is 0 Å². The smallest absolute Gasteiger partial charge is 0.251 e. The van der Waals surface area contributed by atoms with Gasteiger partial charge in [0.1, 0.15) is 0 Å². The van der Waals surface area contributed by atoms with Gasteiger partial charge in [0.15, 0.2) is 0 Å². The Kier molecular flexibility index (Phi) is 5.52. The largest absolute Gasteiger partial charge is 0.368 e. The standard InChI is InChI=1S/C16H21N3O3/c17-14(20)10-18-16(22)12-8-4-5-9-13(12)19-15(21)11-6-2-1-3-7-11/h1-3,6-7,12-13H,4-5,8-10H2,(H2,17,20)(H,18,22)(H,19,21). The molecule has 3 amide bonds. The molecule has 4 N–H and O–H groups in total. The Morgan fingerprint density at radius 1 is 1.09 bits per heavy atom. The zero-order chi connectivity index (χ0) is 15.9. The monoisotopic (exact) mass is 303 g/mol. The zero-order valence-electron chi connectivity index (χ0n) is 12.4. The molecule has 118 valence electrons. The number of nitrogens with one attached hydrogen (secondary N) is 2. The van der Waals surface area contributed by atoms with Gasteiger partial charge in [0.05, 0.1) is 12.5 Å². The molecule has 0 heterocycles. The predicted molar refractivity (Wildman–Crippen MR) is 81.9 cm³/mol. The molecule has 0 aliphatic heterocycles. The number of hydrogen-bond donors (Lipinski definition) is 3. The lowest BCUT2D eigenvalue weighted by Crippen LogP contribution is -2.49. The maximum Gasteiger partial charge on any atom is 0.251 e. The molecule has 22 heavy (non-hydrogen) atoms.